The number of phenols is 1. The maximum absolute atomic E-state index is 14.5. The van der Waals surface area contributed by atoms with Gasteiger partial charge in [-0.3, -0.25) is 9.59 Å². The fourth-order valence-electron chi connectivity index (χ4n) is 4.99. The number of aromatic hydroxyl groups is 1. The van der Waals surface area contributed by atoms with E-state index in [1.54, 1.807) is 57.2 Å². The number of amides is 3. The van der Waals surface area contributed by atoms with Crippen molar-refractivity contribution < 1.29 is 24.2 Å². The van der Waals surface area contributed by atoms with E-state index in [9.17, 15) is 19.5 Å². The summed E-state index contributed by atoms with van der Waals surface area (Å²) in [5, 5.41) is 17.5. The van der Waals surface area contributed by atoms with Crippen LogP contribution in [0.4, 0.5) is 10.5 Å². The first-order valence-electron chi connectivity index (χ1n) is 14.7. The third kappa shape index (κ3) is 8.83. The first-order valence-corrected chi connectivity index (χ1v) is 14.7. The van der Waals surface area contributed by atoms with Gasteiger partial charge in [-0.2, -0.15) is 0 Å². The Morgan fingerprint density at radius 3 is 2.29 bits per heavy atom. The number of carbonyl (C=O) groups is 3. The topological polar surface area (TPSA) is 108 Å². The van der Waals surface area contributed by atoms with Gasteiger partial charge in [-0.05, 0) is 78.6 Å². The zero-order valence-electron chi connectivity index (χ0n) is 25.8. The molecule has 0 spiro atoms. The standard InChI is InChI=1S/C37H39N3O5/c1-6-21-40(35(43)32(39-36(44)45-37(3,4)5)23-26-15-19-31(41)20-16-26)33(29-14-10-11-25(7-2)22-29)34(42)38-30-18-17-27-12-8-9-13-28(27)24-30/h6-20,22,24,32-33,41H,1-2,21,23H2,3-5H3,(H,38,42)(H,39,44). The van der Waals surface area contributed by atoms with Gasteiger partial charge in [-0.1, -0.05) is 79.4 Å². The molecule has 0 aliphatic rings. The average Bonchev–Trinajstić information content (AvgIpc) is 3.00. The molecule has 232 valence electrons. The molecule has 3 amide bonds. The van der Waals surface area contributed by atoms with Crippen molar-refractivity contribution in [3.8, 4) is 5.75 Å². The van der Waals surface area contributed by atoms with Crippen molar-refractivity contribution in [2.24, 2.45) is 0 Å². The molecule has 0 heterocycles. The largest absolute Gasteiger partial charge is 0.508 e. The molecule has 4 aromatic carbocycles. The summed E-state index contributed by atoms with van der Waals surface area (Å²) in [6, 6.07) is 24.8. The smallest absolute Gasteiger partial charge is 0.408 e. The van der Waals surface area contributed by atoms with E-state index in [1.165, 1.54) is 23.1 Å². The summed E-state index contributed by atoms with van der Waals surface area (Å²) >= 11 is 0. The molecule has 0 aliphatic heterocycles. The summed E-state index contributed by atoms with van der Waals surface area (Å²) in [5.74, 6) is -0.888. The lowest BCUT2D eigenvalue weighted by atomic mass is 9.98. The fraction of sp³-hybridized carbons (Fsp3) is 0.216. The summed E-state index contributed by atoms with van der Waals surface area (Å²) in [6.45, 7) is 12.9. The van der Waals surface area contributed by atoms with E-state index in [1.807, 2.05) is 48.5 Å². The minimum Gasteiger partial charge on any atom is -0.508 e. The van der Waals surface area contributed by atoms with Gasteiger partial charge in [-0.25, -0.2) is 4.79 Å². The number of benzene rings is 4. The first-order chi connectivity index (χ1) is 21.5. The molecule has 8 heteroatoms. The molecule has 0 radical (unpaired) electrons. The summed E-state index contributed by atoms with van der Waals surface area (Å²) in [4.78, 5) is 43.0. The van der Waals surface area contributed by atoms with Crippen molar-refractivity contribution in [3.05, 3.63) is 127 Å². The van der Waals surface area contributed by atoms with Crippen LogP contribution in [-0.4, -0.2) is 46.1 Å². The molecule has 0 saturated carbocycles. The van der Waals surface area contributed by atoms with Gasteiger partial charge in [0, 0.05) is 18.7 Å². The molecule has 4 aromatic rings. The van der Waals surface area contributed by atoms with Crippen LogP contribution >= 0.6 is 0 Å². The maximum atomic E-state index is 14.5. The number of fused-ring (bicyclic) bond motifs is 1. The number of carbonyl (C=O) groups excluding carboxylic acids is 3. The fourth-order valence-corrected chi connectivity index (χ4v) is 4.99. The normalized spacial score (nSPS) is 12.4. The van der Waals surface area contributed by atoms with E-state index in [0.717, 1.165) is 16.3 Å². The molecule has 2 atom stereocenters. The summed E-state index contributed by atoms with van der Waals surface area (Å²) in [7, 11) is 0. The molecule has 45 heavy (non-hydrogen) atoms. The molecule has 4 rings (SSSR count). The van der Waals surface area contributed by atoms with E-state index in [-0.39, 0.29) is 18.7 Å². The molecule has 3 N–H and O–H groups in total. The van der Waals surface area contributed by atoms with E-state index >= 15 is 0 Å². The Hall–Kier alpha value is -5.37. The van der Waals surface area contributed by atoms with Gasteiger partial charge in [0.2, 0.25) is 5.91 Å². The summed E-state index contributed by atoms with van der Waals surface area (Å²) in [5.41, 5.74) is 1.79. The second-order valence-corrected chi connectivity index (χ2v) is 11.7. The van der Waals surface area contributed by atoms with Crippen LogP contribution in [0.3, 0.4) is 0 Å². The van der Waals surface area contributed by atoms with Gasteiger partial charge in [0.1, 0.15) is 23.4 Å². The second kappa shape index (κ2) is 14.4. The van der Waals surface area contributed by atoms with Crippen molar-refractivity contribution >= 4 is 40.4 Å². The minimum absolute atomic E-state index is 0.00896. The zero-order chi connectivity index (χ0) is 32.6. The lowest BCUT2D eigenvalue weighted by Crippen LogP contribution is -2.53. The number of alkyl carbamates (subject to hydrolysis) is 1. The highest BCUT2D eigenvalue weighted by Gasteiger charge is 2.36. The molecule has 0 aliphatic carbocycles. The zero-order valence-corrected chi connectivity index (χ0v) is 25.8. The molecule has 8 nitrogen and oxygen atoms in total. The second-order valence-electron chi connectivity index (χ2n) is 11.7. The number of nitrogens with one attached hydrogen (secondary N) is 2. The van der Waals surface area contributed by atoms with Crippen LogP contribution in [-0.2, 0) is 20.7 Å². The summed E-state index contributed by atoms with van der Waals surface area (Å²) < 4.78 is 5.48. The average molecular weight is 606 g/mol. The third-order valence-electron chi connectivity index (χ3n) is 7.01. The number of hydrogen-bond donors (Lipinski definition) is 3. The Kier molecular flexibility index (Phi) is 10.4. The van der Waals surface area contributed by atoms with Gasteiger partial charge in [0.25, 0.3) is 5.91 Å². The van der Waals surface area contributed by atoms with Crippen LogP contribution in [0.25, 0.3) is 16.8 Å². The lowest BCUT2D eigenvalue weighted by molar-refractivity contribution is -0.140. The van der Waals surface area contributed by atoms with E-state index < -0.39 is 35.6 Å². The molecule has 0 aromatic heterocycles. The van der Waals surface area contributed by atoms with Crippen molar-refractivity contribution in [1.29, 1.82) is 0 Å². The number of ether oxygens (including phenoxy) is 1. The van der Waals surface area contributed by atoms with Crippen LogP contribution in [0, 0.1) is 0 Å². The van der Waals surface area contributed by atoms with Crippen molar-refractivity contribution in [2.45, 2.75) is 44.9 Å². The van der Waals surface area contributed by atoms with E-state index in [2.05, 4.69) is 23.8 Å². The molecule has 0 fully saturated rings. The van der Waals surface area contributed by atoms with Crippen molar-refractivity contribution in [3.63, 3.8) is 0 Å². The quantitative estimate of drug-likeness (QED) is 0.159. The number of rotatable bonds is 11. The lowest BCUT2D eigenvalue weighted by Gasteiger charge is -2.34. The molecule has 0 bridgehead atoms. The number of phenolic OH excluding ortho intramolecular Hbond substituents is 1. The molecule has 2 unspecified atom stereocenters. The van der Waals surface area contributed by atoms with Crippen LogP contribution < -0.4 is 10.6 Å². The molecular formula is C37H39N3O5. The predicted octanol–water partition coefficient (Wildman–Crippen LogP) is 7.02. The monoisotopic (exact) mass is 605 g/mol. The van der Waals surface area contributed by atoms with E-state index in [4.69, 9.17) is 4.74 Å². The molecule has 0 saturated heterocycles. The highest BCUT2D eigenvalue weighted by atomic mass is 16.6. The SMILES string of the molecule is C=CCN(C(=O)C(Cc1ccc(O)cc1)NC(=O)OC(C)(C)C)C(C(=O)Nc1ccc2ccccc2c1)c1cccc(C=C)c1. The van der Waals surface area contributed by atoms with Gasteiger partial charge in [-0.15, -0.1) is 6.58 Å². The Morgan fingerprint density at radius 2 is 1.62 bits per heavy atom. The van der Waals surface area contributed by atoms with Crippen LogP contribution in [0.15, 0.2) is 110 Å². The predicted molar refractivity (Wildman–Crippen MR) is 179 cm³/mol. The van der Waals surface area contributed by atoms with Gasteiger partial charge < -0.3 is 25.4 Å². The third-order valence-corrected chi connectivity index (χ3v) is 7.01. The Morgan fingerprint density at radius 1 is 0.911 bits per heavy atom. The van der Waals surface area contributed by atoms with Gasteiger partial charge in [0.15, 0.2) is 0 Å². The van der Waals surface area contributed by atoms with Crippen molar-refractivity contribution in [1.82, 2.24) is 10.2 Å². The summed E-state index contributed by atoms with van der Waals surface area (Å²) in [6.07, 6.45) is 2.51. The number of nitrogens with zero attached hydrogens (tertiary/aromatic N) is 1. The number of anilines is 1. The highest BCUT2D eigenvalue weighted by Crippen LogP contribution is 2.27. The maximum Gasteiger partial charge on any atom is 0.408 e. The van der Waals surface area contributed by atoms with Crippen LogP contribution in [0.5, 0.6) is 5.75 Å². The molecular weight excluding hydrogens is 566 g/mol. The van der Waals surface area contributed by atoms with Crippen LogP contribution in [0.1, 0.15) is 43.5 Å². The Bertz CT molecular complexity index is 1690. The van der Waals surface area contributed by atoms with Crippen LogP contribution in [0.2, 0.25) is 0 Å². The first kappa shape index (κ1) is 32.5. The van der Waals surface area contributed by atoms with Gasteiger partial charge in [0.05, 0.1) is 0 Å². The Labute approximate surface area is 264 Å². The highest BCUT2D eigenvalue weighted by molar-refractivity contribution is 6.00. The van der Waals surface area contributed by atoms with Crippen molar-refractivity contribution in [2.75, 3.05) is 11.9 Å². The Balaban J connectivity index is 1.75. The minimum atomic E-state index is -1.11. The van der Waals surface area contributed by atoms with Gasteiger partial charge >= 0.3 is 6.09 Å². The van der Waals surface area contributed by atoms with E-state index in [0.29, 0.717) is 16.8 Å². The number of hydrogen-bond acceptors (Lipinski definition) is 5.